The first-order valence-electron chi connectivity index (χ1n) is 3.91. The maximum Gasteiger partial charge on any atom is 0.0985 e. The third-order valence-electron chi connectivity index (χ3n) is 0.974. The van der Waals surface area contributed by atoms with Crippen LogP contribution < -0.4 is 0 Å². The number of nitrogens with zero attached hydrogens (tertiary/aromatic N) is 1. The van der Waals surface area contributed by atoms with Crippen molar-refractivity contribution < 1.29 is 4.39 Å². The van der Waals surface area contributed by atoms with Crippen LogP contribution in [0, 0.1) is 0 Å². The molecule has 0 aliphatic rings. The summed E-state index contributed by atoms with van der Waals surface area (Å²) in [7, 11) is 3.89. The van der Waals surface area contributed by atoms with Crippen LogP contribution in [-0.4, -0.2) is 31.7 Å². The van der Waals surface area contributed by atoms with E-state index in [1.54, 1.807) is 6.92 Å². The van der Waals surface area contributed by atoms with Gasteiger partial charge in [0.2, 0.25) is 0 Å². The summed E-state index contributed by atoms with van der Waals surface area (Å²) in [5.41, 5.74) is 0. The third-order valence-corrected chi connectivity index (χ3v) is 0.974. The molecule has 0 aliphatic carbocycles. The van der Waals surface area contributed by atoms with E-state index in [9.17, 15) is 4.39 Å². The lowest BCUT2D eigenvalue weighted by Crippen LogP contribution is -2.15. The molecule has 0 saturated carbocycles. The number of rotatable bonds is 3. The molecular formula is C8H20FN. The lowest BCUT2D eigenvalue weighted by molar-refractivity contribution is 0.291. The summed E-state index contributed by atoms with van der Waals surface area (Å²) in [6, 6.07) is 0. The molecule has 0 fully saturated rings. The smallest absolute Gasteiger partial charge is 0.0985 e. The fourth-order valence-electron chi connectivity index (χ4n) is 0.436. The zero-order valence-electron chi connectivity index (χ0n) is 7.82. The van der Waals surface area contributed by atoms with E-state index < -0.39 is 6.17 Å². The largest absolute Gasteiger partial charge is 0.309 e. The van der Waals surface area contributed by atoms with E-state index in [0.717, 1.165) is 6.54 Å². The zero-order valence-corrected chi connectivity index (χ0v) is 7.82. The Bertz CT molecular complexity index is 45.2. The van der Waals surface area contributed by atoms with Crippen LogP contribution in [0.2, 0.25) is 0 Å². The first-order valence-corrected chi connectivity index (χ1v) is 3.91. The minimum atomic E-state index is -0.655. The predicted octanol–water partition coefficient (Wildman–Crippen LogP) is 2.32. The maximum absolute atomic E-state index is 12.0. The first kappa shape index (κ1) is 12.6. The van der Waals surface area contributed by atoms with Crippen LogP contribution >= 0.6 is 0 Å². The van der Waals surface area contributed by atoms with Crippen LogP contribution in [-0.2, 0) is 0 Å². The highest BCUT2D eigenvalue weighted by Crippen LogP contribution is 1.94. The molecule has 0 rings (SSSR count). The number of hydrogen-bond acceptors (Lipinski definition) is 1. The summed E-state index contributed by atoms with van der Waals surface area (Å²) < 4.78 is 12.0. The number of alkyl halides is 1. The second kappa shape index (κ2) is 8.89. The van der Waals surface area contributed by atoms with Crippen molar-refractivity contribution >= 4 is 0 Å². The van der Waals surface area contributed by atoms with Crippen molar-refractivity contribution in [3.05, 3.63) is 0 Å². The van der Waals surface area contributed by atoms with Crippen LogP contribution in [0.1, 0.15) is 27.2 Å². The maximum atomic E-state index is 12.0. The minimum Gasteiger partial charge on any atom is -0.309 e. The van der Waals surface area contributed by atoms with E-state index in [0.29, 0.717) is 6.42 Å². The van der Waals surface area contributed by atoms with Gasteiger partial charge in [-0.3, -0.25) is 0 Å². The summed E-state index contributed by atoms with van der Waals surface area (Å²) in [6.07, 6.45) is -0.00935. The van der Waals surface area contributed by atoms with Gasteiger partial charge in [-0.2, -0.15) is 0 Å². The minimum absolute atomic E-state index is 0.646. The average molecular weight is 149 g/mol. The van der Waals surface area contributed by atoms with Crippen molar-refractivity contribution in [3.8, 4) is 0 Å². The lowest BCUT2D eigenvalue weighted by atomic mass is 10.3. The summed E-state index contributed by atoms with van der Waals surface area (Å²) in [5, 5.41) is 0. The number of hydrogen-bond donors (Lipinski definition) is 0. The quantitative estimate of drug-likeness (QED) is 0.595. The molecule has 0 amide bonds. The van der Waals surface area contributed by atoms with Crippen LogP contribution in [0.3, 0.4) is 0 Å². The zero-order chi connectivity index (χ0) is 8.57. The highest BCUT2D eigenvalue weighted by Gasteiger charge is 1.96. The Kier molecular flexibility index (Phi) is 11.2. The molecule has 1 nitrogen and oxygen atoms in total. The van der Waals surface area contributed by atoms with Gasteiger partial charge in [0, 0.05) is 6.54 Å². The van der Waals surface area contributed by atoms with Crippen LogP contribution in [0.5, 0.6) is 0 Å². The van der Waals surface area contributed by atoms with E-state index in [1.165, 1.54) is 0 Å². The van der Waals surface area contributed by atoms with E-state index in [1.807, 2.05) is 32.8 Å². The molecule has 0 radical (unpaired) electrons. The van der Waals surface area contributed by atoms with Crippen molar-refractivity contribution in [3.63, 3.8) is 0 Å². The van der Waals surface area contributed by atoms with Crippen molar-refractivity contribution in [2.45, 2.75) is 33.4 Å². The molecule has 10 heavy (non-hydrogen) atoms. The predicted molar refractivity (Wildman–Crippen MR) is 45.1 cm³/mol. The fraction of sp³-hybridized carbons (Fsp3) is 1.00. The van der Waals surface area contributed by atoms with Crippen molar-refractivity contribution in [2.75, 3.05) is 20.6 Å². The Morgan fingerprint density at radius 2 is 1.70 bits per heavy atom. The summed E-state index contributed by atoms with van der Waals surface area (Å²) in [4.78, 5) is 1.98. The summed E-state index contributed by atoms with van der Waals surface area (Å²) in [5.74, 6) is 0. The second-order valence-electron chi connectivity index (χ2n) is 2.37. The van der Waals surface area contributed by atoms with Gasteiger partial charge >= 0.3 is 0 Å². The molecule has 0 aliphatic heterocycles. The molecule has 0 spiro atoms. The van der Waals surface area contributed by atoms with Crippen molar-refractivity contribution in [1.82, 2.24) is 4.90 Å². The Balaban J connectivity index is 0. The molecule has 0 bridgehead atoms. The first-order chi connectivity index (χ1) is 4.63. The van der Waals surface area contributed by atoms with E-state index in [4.69, 9.17) is 0 Å². The second-order valence-corrected chi connectivity index (χ2v) is 2.37. The lowest BCUT2D eigenvalue weighted by Gasteiger charge is -2.08. The Morgan fingerprint density at radius 3 is 1.80 bits per heavy atom. The topological polar surface area (TPSA) is 3.24 Å². The van der Waals surface area contributed by atoms with Crippen LogP contribution in [0.25, 0.3) is 0 Å². The van der Waals surface area contributed by atoms with Gasteiger partial charge in [-0.05, 0) is 27.4 Å². The summed E-state index contributed by atoms with van der Waals surface area (Å²) in [6.45, 7) is 6.43. The van der Waals surface area contributed by atoms with Gasteiger partial charge in [0.15, 0.2) is 0 Å². The van der Waals surface area contributed by atoms with Crippen LogP contribution in [0.4, 0.5) is 4.39 Å². The molecule has 1 atom stereocenters. The molecule has 0 aromatic heterocycles. The molecule has 0 aromatic rings. The summed E-state index contributed by atoms with van der Waals surface area (Å²) >= 11 is 0. The monoisotopic (exact) mass is 149 g/mol. The van der Waals surface area contributed by atoms with Gasteiger partial charge in [-0.1, -0.05) is 13.8 Å². The Labute approximate surface area is 64.2 Å². The van der Waals surface area contributed by atoms with Gasteiger partial charge in [-0.25, -0.2) is 4.39 Å². The number of halogens is 1. The molecule has 0 heterocycles. The van der Waals surface area contributed by atoms with Gasteiger partial charge in [0.05, 0.1) is 6.17 Å². The van der Waals surface area contributed by atoms with Crippen molar-refractivity contribution in [1.29, 1.82) is 0 Å². The Morgan fingerprint density at radius 1 is 1.30 bits per heavy atom. The van der Waals surface area contributed by atoms with Gasteiger partial charge in [0.25, 0.3) is 0 Å². The molecule has 0 aromatic carbocycles. The van der Waals surface area contributed by atoms with E-state index >= 15 is 0 Å². The normalized spacial score (nSPS) is 12.3. The standard InChI is InChI=1S/C6H14FN.C2H6/c1-6(7)4-5-8(2)3;1-2/h6H,4-5H2,1-3H3;1-2H3/t6-;/m0./s1. The highest BCUT2D eigenvalue weighted by atomic mass is 19.1. The Hall–Kier alpha value is -0.110. The van der Waals surface area contributed by atoms with E-state index in [-0.39, 0.29) is 0 Å². The molecule has 0 saturated heterocycles. The molecule has 0 unspecified atom stereocenters. The van der Waals surface area contributed by atoms with Crippen LogP contribution in [0.15, 0.2) is 0 Å². The fourth-order valence-corrected chi connectivity index (χ4v) is 0.436. The molecule has 0 N–H and O–H groups in total. The van der Waals surface area contributed by atoms with Gasteiger partial charge < -0.3 is 4.90 Å². The molecule has 64 valence electrons. The van der Waals surface area contributed by atoms with Gasteiger partial charge in [-0.15, -0.1) is 0 Å². The SMILES string of the molecule is CC.C[C@H](F)CCN(C)C. The average Bonchev–Trinajstić information content (AvgIpc) is 1.89. The van der Waals surface area contributed by atoms with Gasteiger partial charge in [0.1, 0.15) is 0 Å². The third kappa shape index (κ3) is 15.7. The van der Waals surface area contributed by atoms with E-state index in [2.05, 4.69) is 0 Å². The molecular weight excluding hydrogens is 129 g/mol. The highest BCUT2D eigenvalue weighted by molar-refractivity contribution is 4.49. The molecule has 2 heteroatoms. The van der Waals surface area contributed by atoms with Crippen molar-refractivity contribution in [2.24, 2.45) is 0 Å².